The van der Waals surface area contributed by atoms with E-state index in [1.54, 1.807) is 6.07 Å². The van der Waals surface area contributed by atoms with E-state index in [0.29, 0.717) is 6.07 Å². The maximum atomic E-state index is 12.7. The van der Waals surface area contributed by atoms with Gasteiger partial charge in [-0.3, -0.25) is 0 Å². The summed E-state index contributed by atoms with van der Waals surface area (Å²) in [4.78, 5) is 0. The summed E-state index contributed by atoms with van der Waals surface area (Å²) in [5.41, 5.74) is -0.132. The van der Waals surface area contributed by atoms with Gasteiger partial charge in [-0.05, 0) is 18.2 Å². The van der Waals surface area contributed by atoms with Crippen LogP contribution in [0.1, 0.15) is 11.1 Å². The Morgan fingerprint density at radius 2 is 2.11 bits per heavy atom. The quantitative estimate of drug-likeness (QED) is 0.834. The lowest BCUT2D eigenvalue weighted by Gasteiger charge is -2.13. The van der Waals surface area contributed by atoms with Crippen LogP contribution in [-0.2, 0) is 6.18 Å². The summed E-state index contributed by atoms with van der Waals surface area (Å²) >= 11 is 10.8. The molecule has 0 aliphatic heterocycles. The second-order valence-electron chi connectivity index (χ2n) is 3.17. The largest absolute Gasteiger partial charge is 0.487 e. The fraction of sp³-hybridized carbons (Fsp3) is 0.182. The summed E-state index contributed by atoms with van der Waals surface area (Å²) < 4.78 is 43.0. The zero-order valence-electron chi connectivity index (χ0n) is 8.76. The molecule has 0 aromatic heterocycles. The van der Waals surface area contributed by atoms with E-state index in [4.69, 9.17) is 33.2 Å². The molecular formula is C11H6Cl2F3NO. The van der Waals surface area contributed by atoms with Gasteiger partial charge in [-0.15, -0.1) is 0 Å². The predicted molar refractivity (Wildman–Crippen MR) is 61.4 cm³/mol. The van der Waals surface area contributed by atoms with Crippen LogP contribution in [0.15, 0.2) is 28.8 Å². The number of nitriles is 1. The van der Waals surface area contributed by atoms with Gasteiger partial charge in [0.1, 0.15) is 12.4 Å². The third kappa shape index (κ3) is 3.83. The first-order valence-corrected chi connectivity index (χ1v) is 5.39. The maximum absolute atomic E-state index is 12.7. The van der Waals surface area contributed by atoms with Crippen LogP contribution in [0.2, 0.25) is 0 Å². The Bertz CT molecular complexity index is 506. The van der Waals surface area contributed by atoms with Crippen LogP contribution in [0.4, 0.5) is 13.2 Å². The van der Waals surface area contributed by atoms with Crippen LogP contribution < -0.4 is 4.74 Å². The summed E-state index contributed by atoms with van der Waals surface area (Å²) in [6.45, 7) is -0.278. The molecule has 0 heterocycles. The van der Waals surface area contributed by atoms with Gasteiger partial charge in [0.25, 0.3) is 0 Å². The lowest BCUT2D eigenvalue weighted by molar-refractivity contribution is -0.138. The summed E-state index contributed by atoms with van der Waals surface area (Å²) in [5.74, 6) is -0.404. The minimum Gasteiger partial charge on any atom is -0.487 e. The van der Waals surface area contributed by atoms with Crippen molar-refractivity contribution in [1.29, 1.82) is 5.26 Å². The molecule has 0 aliphatic rings. The number of alkyl halides is 3. The lowest BCUT2D eigenvalue weighted by atomic mass is 10.1. The maximum Gasteiger partial charge on any atom is 0.420 e. The Morgan fingerprint density at radius 3 is 2.61 bits per heavy atom. The number of rotatable bonds is 3. The van der Waals surface area contributed by atoms with Gasteiger partial charge >= 0.3 is 6.18 Å². The van der Waals surface area contributed by atoms with Crippen molar-refractivity contribution in [3.8, 4) is 11.8 Å². The Kier molecular flexibility index (Phi) is 4.88. The highest BCUT2D eigenvalue weighted by Crippen LogP contribution is 2.37. The molecule has 0 bridgehead atoms. The number of hydrogen-bond donors (Lipinski definition) is 0. The zero-order valence-corrected chi connectivity index (χ0v) is 10.3. The van der Waals surface area contributed by atoms with Gasteiger partial charge in [0, 0.05) is 5.54 Å². The molecule has 1 aromatic carbocycles. The van der Waals surface area contributed by atoms with Crippen LogP contribution in [0, 0.1) is 11.3 Å². The van der Waals surface area contributed by atoms with Gasteiger partial charge in [0.15, 0.2) is 0 Å². The number of nitrogens with zero attached hydrogens (tertiary/aromatic N) is 1. The average Bonchev–Trinajstić information content (AvgIpc) is 2.34. The zero-order chi connectivity index (χ0) is 13.8. The molecule has 18 heavy (non-hydrogen) atoms. The summed E-state index contributed by atoms with van der Waals surface area (Å²) in [7, 11) is 0. The molecule has 0 aliphatic carbocycles. The normalized spacial score (nSPS) is 12.1. The van der Waals surface area contributed by atoms with E-state index in [1.165, 1.54) is 6.07 Å². The standard InChI is InChI=1S/C11H6Cl2F3NO/c12-4-8(13)6-18-10-2-1-7(5-17)3-9(10)11(14,15)16/h1-4H,6H2/b8-4-. The van der Waals surface area contributed by atoms with Crippen molar-refractivity contribution >= 4 is 23.2 Å². The van der Waals surface area contributed by atoms with E-state index in [2.05, 4.69) is 0 Å². The van der Waals surface area contributed by atoms with Crippen LogP contribution in [0.3, 0.4) is 0 Å². The Morgan fingerprint density at radius 1 is 1.44 bits per heavy atom. The molecule has 0 atom stereocenters. The molecule has 1 aromatic rings. The van der Waals surface area contributed by atoms with Crippen molar-refractivity contribution in [2.24, 2.45) is 0 Å². The summed E-state index contributed by atoms with van der Waals surface area (Å²) in [6, 6.07) is 4.64. The number of ether oxygens (including phenoxy) is 1. The Balaban J connectivity index is 3.08. The highest BCUT2D eigenvalue weighted by Gasteiger charge is 2.34. The molecule has 0 spiro atoms. The van der Waals surface area contributed by atoms with Gasteiger partial charge < -0.3 is 4.74 Å². The van der Waals surface area contributed by atoms with Gasteiger partial charge in [0.2, 0.25) is 0 Å². The fourth-order valence-electron chi connectivity index (χ4n) is 1.13. The molecule has 0 unspecified atom stereocenters. The van der Waals surface area contributed by atoms with Crippen molar-refractivity contribution in [3.63, 3.8) is 0 Å². The van der Waals surface area contributed by atoms with E-state index in [9.17, 15) is 13.2 Å². The third-order valence-corrected chi connectivity index (χ3v) is 2.49. The average molecular weight is 296 g/mol. The smallest absolute Gasteiger partial charge is 0.420 e. The molecule has 0 radical (unpaired) electrons. The van der Waals surface area contributed by atoms with Crippen molar-refractivity contribution < 1.29 is 17.9 Å². The van der Waals surface area contributed by atoms with Gasteiger partial charge in [-0.2, -0.15) is 18.4 Å². The van der Waals surface area contributed by atoms with Crippen LogP contribution in [-0.4, -0.2) is 6.61 Å². The number of hydrogen-bond acceptors (Lipinski definition) is 2. The minimum absolute atomic E-state index is 0.0640. The fourth-order valence-corrected chi connectivity index (χ4v) is 1.24. The molecule has 0 saturated heterocycles. The first kappa shape index (κ1) is 14.7. The van der Waals surface area contributed by atoms with E-state index < -0.39 is 17.5 Å². The monoisotopic (exact) mass is 295 g/mol. The molecular weight excluding hydrogens is 290 g/mol. The van der Waals surface area contributed by atoms with E-state index in [1.807, 2.05) is 0 Å². The first-order chi connectivity index (χ1) is 8.38. The highest BCUT2D eigenvalue weighted by molar-refractivity contribution is 6.36. The molecule has 0 N–H and O–H groups in total. The van der Waals surface area contributed by atoms with Crippen molar-refractivity contribution in [3.05, 3.63) is 39.9 Å². The molecule has 1 rings (SSSR count). The Labute approximate surface area is 111 Å². The van der Waals surface area contributed by atoms with Crippen molar-refractivity contribution in [2.45, 2.75) is 6.18 Å². The summed E-state index contributed by atoms with van der Waals surface area (Å²) in [5, 5.41) is 8.63. The van der Waals surface area contributed by atoms with E-state index >= 15 is 0 Å². The van der Waals surface area contributed by atoms with E-state index in [0.717, 1.165) is 11.6 Å². The molecule has 96 valence electrons. The summed E-state index contributed by atoms with van der Waals surface area (Å²) in [6.07, 6.45) is -4.61. The molecule has 2 nitrogen and oxygen atoms in total. The number of halogens is 5. The topological polar surface area (TPSA) is 33.0 Å². The van der Waals surface area contributed by atoms with E-state index in [-0.39, 0.29) is 17.2 Å². The third-order valence-electron chi connectivity index (χ3n) is 1.90. The predicted octanol–water partition coefficient (Wildman–Crippen LogP) is 4.27. The SMILES string of the molecule is N#Cc1ccc(OC/C(Cl)=C/Cl)c(C(F)(F)F)c1. The number of benzene rings is 1. The minimum atomic E-state index is -4.61. The first-order valence-electron chi connectivity index (χ1n) is 4.57. The van der Waals surface area contributed by atoms with Gasteiger partial charge in [0.05, 0.1) is 22.2 Å². The second-order valence-corrected chi connectivity index (χ2v) is 3.87. The second kappa shape index (κ2) is 5.98. The van der Waals surface area contributed by atoms with Gasteiger partial charge in [-0.1, -0.05) is 23.2 Å². The van der Waals surface area contributed by atoms with Crippen LogP contribution >= 0.6 is 23.2 Å². The van der Waals surface area contributed by atoms with Crippen molar-refractivity contribution in [2.75, 3.05) is 6.61 Å². The molecule has 0 fully saturated rings. The highest BCUT2D eigenvalue weighted by atomic mass is 35.5. The van der Waals surface area contributed by atoms with Crippen LogP contribution in [0.25, 0.3) is 0 Å². The van der Waals surface area contributed by atoms with Gasteiger partial charge in [-0.25, -0.2) is 0 Å². The lowest BCUT2D eigenvalue weighted by Crippen LogP contribution is -2.10. The Hall–Kier alpha value is -1.38. The van der Waals surface area contributed by atoms with Crippen molar-refractivity contribution in [1.82, 2.24) is 0 Å². The van der Waals surface area contributed by atoms with Crippen LogP contribution in [0.5, 0.6) is 5.75 Å². The molecule has 0 amide bonds. The molecule has 0 saturated carbocycles. The molecule has 7 heteroatoms.